The Kier molecular flexibility index (Phi) is 16.6. The molecule has 0 bridgehead atoms. The Balaban J connectivity index is 3.20. The number of hydrogen-bond acceptors (Lipinski definition) is 5. The quantitative estimate of drug-likeness (QED) is 0.224. The zero-order valence-corrected chi connectivity index (χ0v) is 16.1. The first kappa shape index (κ1) is 23.2. The molecule has 5 nitrogen and oxygen atoms in total. The second-order valence-electron chi connectivity index (χ2n) is 6.27. The summed E-state index contributed by atoms with van der Waals surface area (Å²) in [7, 11) is 1.44. The lowest BCUT2D eigenvalue weighted by Crippen LogP contribution is -2.41. The van der Waals surface area contributed by atoms with Gasteiger partial charge in [-0.15, -0.1) is 0 Å². The third kappa shape index (κ3) is 14.8. The molecular weight excluding hydrogens is 324 g/mol. The summed E-state index contributed by atoms with van der Waals surface area (Å²) in [6.07, 6.45) is 12.9. The van der Waals surface area contributed by atoms with Crippen molar-refractivity contribution in [2.75, 3.05) is 19.4 Å². The maximum Gasteiger partial charge on any atom is 0.305 e. The Morgan fingerprint density at radius 3 is 1.96 bits per heavy atom. The highest BCUT2D eigenvalue weighted by molar-refractivity contribution is 7.80. The summed E-state index contributed by atoms with van der Waals surface area (Å²) in [6.45, 7) is 0.722. The molecule has 24 heavy (non-hydrogen) atoms. The van der Waals surface area contributed by atoms with Crippen molar-refractivity contribution in [3.63, 3.8) is 0 Å². The predicted octanol–water partition coefficient (Wildman–Crippen LogP) is 3.21. The van der Waals surface area contributed by atoms with E-state index in [1.54, 1.807) is 0 Å². The van der Waals surface area contributed by atoms with Crippen molar-refractivity contribution >= 4 is 24.5 Å². The standard InChI is InChI=1S/C18H36N2O3S/c1-23-17(21)12-10-8-6-4-2-3-5-7-9-11-14-20-18(22)16(19)13-15-24/h16,24H,2-15,19H2,1H3,(H,20,22). The van der Waals surface area contributed by atoms with E-state index in [4.69, 9.17) is 5.73 Å². The first-order valence-corrected chi connectivity index (χ1v) is 9.96. The first-order valence-electron chi connectivity index (χ1n) is 9.32. The van der Waals surface area contributed by atoms with Gasteiger partial charge in [-0.05, 0) is 25.0 Å². The molecule has 0 aliphatic rings. The van der Waals surface area contributed by atoms with Crippen molar-refractivity contribution in [2.24, 2.45) is 5.73 Å². The molecule has 1 unspecified atom stereocenters. The van der Waals surface area contributed by atoms with Crippen LogP contribution in [-0.2, 0) is 14.3 Å². The average Bonchev–Trinajstić information content (AvgIpc) is 2.58. The van der Waals surface area contributed by atoms with Crippen molar-refractivity contribution in [1.29, 1.82) is 0 Å². The van der Waals surface area contributed by atoms with E-state index in [1.165, 1.54) is 45.6 Å². The topological polar surface area (TPSA) is 81.4 Å². The van der Waals surface area contributed by atoms with Crippen molar-refractivity contribution in [3.05, 3.63) is 0 Å². The molecule has 0 aromatic carbocycles. The van der Waals surface area contributed by atoms with Crippen LogP contribution in [0.1, 0.15) is 77.0 Å². The summed E-state index contributed by atoms with van der Waals surface area (Å²) in [5.74, 6) is 0.478. The minimum Gasteiger partial charge on any atom is -0.469 e. The van der Waals surface area contributed by atoms with E-state index in [0.717, 1.165) is 32.2 Å². The Hall–Kier alpha value is -0.750. The number of nitrogens with one attached hydrogen (secondary N) is 1. The van der Waals surface area contributed by atoms with Gasteiger partial charge in [-0.2, -0.15) is 12.6 Å². The third-order valence-electron chi connectivity index (χ3n) is 4.11. The lowest BCUT2D eigenvalue weighted by Gasteiger charge is -2.10. The van der Waals surface area contributed by atoms with E-state index in [1.807, 2.05) is 0 Å². The molecule has 0 fully saturated rings. The summed E-state index contributed by atoms with van der Waals surface area (Å²) >= 11 is 4.08. The second-order valence-corrected chi connectivity index (χ2v) is 6.72. The van der Waals surface area contributed by atoms with Gasteiger partial charge in [0.15, 0.2) is 0 Å². The minimum absolute atomic E-state index is 0.0590. The van der Waals surface area contributed by atoms with Crippen molar-refractivity contribution < 1.29 is 14.3 Å². The number of ether oxygens (including phenoxy) is 1. The van der Waals surface area contributed by atoms with Crippen LogP contribution in [0.2, 0.25) is 0 Å². The van der Waals surface area contributed by atoms with E-state index in [-0.39, 0.29) is 11.9 Å². The highest BCUT2D eigenvalue weighted by Crippen LogP contribution is 2.11. The van der Waals surface area contributed by atoms with Gasteiger partial charge in [0.2, 0.25) is 5.91 Å². The number of rotatable bonds is 16. The number of hydrogen-bond donors (Lipinski definition) is 3. The summed E-state index contributed by atoms with van der Waals surface area (Å²) in [5.41, 5.74) is 5.71. The number of carbonyl (C=O) groups excluding carboxylic acids is 2. The van der Waals surface area contributed by atoms with Crippen LogP contribution in [0.25, 0.3) is 0 Å². The Morgan fingerprint density at radius 1 is 0.958 bits per heavy atom. The number of unbranched alkanes of at least 4 members (excludes halogenated alkanes) is 9. The van der Waals surface area contributed by atoms with Gasteiger partial charge < -0.3 is 15.8 Å². The van der Waals surface area contributed by atoms with E-state index in [0.29, 0.717) is 18.6 Å². The molecular formula is C18H36N2O3S. The van der Waals surface area contributed by atoms with Crippen LogP contribution in [0, 0.1) is 0 Å². The summed E-state index contributed by atoms with van der Waals surface area (Å²) in [4.78, 5) is 22.5. The largest absolute Gasteiger partial charge is 0.469 e. The molecule has 0 aromatic heterocycles. The smallest absolute Gasteiger partial charge is 0.305 e. The van der Waals surface area contributed by atoms with Crippen LogP contribution in [0.4, 0.5) is 0 Å². The van der Waals surface area contributed by atoms with Crippen LogP contribution in [0.15, 0.2) is 0 Å². The van der Waals surface area contributed by atoms with Gasteiger partial charge in [0.25, 0.3) is 0 Å². The van der Waals surface area contributed by atoms with Crippen LogP contribution in [0.5, 0.6) is 0 Å². The number of nitrogens with two attached hydrogens (primary N) is 1. The highest BCUT2D eigenvalue weighted by atomic mass is 32.1. The maximum absolute atomic E-state index is 11.6. The third-order valence-corrected chi connectivity index (χ3v) is 4.37. The summed E-state index contributed by atoms with van der Waals surface area (Å²) < 4.78 is 4.61. The molecule has 6 heteroatoms. The van der Waals surface area contributed by atoms with E-state index >= 15 is 0 Å². The van der Waals surface area contributed by atoms with Crippen molar-refractivity contribution in [3.8, 4) is 0 Å². The van der Waals surface area contributed by atoms with Gasteiger partial charge in [0.05, 0.1) is 13.2 Å². The normalized spacial score (nSPS) is 12.0. The SMILES string of the molecule is COC(=O)CCCCCCCCCCCCNC(=O)C(N)CCS. The zero-order chi connectivity index (χ0) is 18.0. The molecule has 0 heterocycles. The fourth-order valence-electron chi connectivity index (χ4n) is 2.52. The molecule has 0 spiro atoms. The lowest BCUT2D eigenvalue weighted by molar-refractivity contribution is -0.140. The lowest BCUT2D eigenvalue weighted by atomic mass is 10.1. The summed E-state index contributed by atoms with van der Waals surface area (Å²) in [6, 6.07) is -0.421. The van der Waals surface area contributed by atoms with Crippen LogP contribution >= 0.6 is 12.6 Å². The Labute approximate surface area is 152 Å². The average molecular weight is 361 g/mol. The number of esters is 1. The van der Waals surface area contributed by atoms with Crippen molar-refractivity contribution in [2.45, 2.75) is 83.1 Å². The van der Waals surface area contributed by atoms with E-state index < -0.39 is 6.04 Å². The van der Waals surface area contributed by atoms with Gasteiger partial charge in [0.1, 0.15) is 0 Å². The summed E-state index contributed by atoms with van der Waals surface area (Å²) in [5, 5.41) is 2.88. The number of carbonyl (C=O) groups is 2. The van der Waals surface area contributed by atoms with E-state index in [2.05, 4.69) is 22.7 Å². The predicted molar refractivity (Wildman–Crippen MR) is 102 cm³/mol. The molecule has 142 valence electrons. The minimum atomic E-state index is -0.421. The molecule has 0 aliphatic carbocycles. The number of amides is 1. The van der Waals surface area contributed by atoms with Gasteiger partial charge in [0, 0.05) is 13.0 Å². The zero-order valence-electron chi connectivity index (χ0n) is 15.2. The second kappa shape index (κ2) is 17.1. The van der Waals surface area contributed by atoms with E-state index in [9.17, 15) is 9.59 Å². The Bertz CT molecular complexity index is 327. The fraction of sp³-hybridized carbons (Fsp3) is 0.889. The Morgan fingerprint density at radius 2 is 1.46 bits per heavy atom. The van der Waals surface area contributed by atoms with Gasteiger partial charge >= 0.3 is 5.97 Å². The molecule has 0 saturated carbocycles. The molecule has 0 saturated heterocycles. The van der Waals surface area contributed by atoms with Gasteiger partial charge in [-0.25, -0.2) is 0 Å². The molecule has 1 atom stereocenters. The molecule has 1 amide bonds. The molecule has 3 N–H and O–H groups in total. The van der Waals surface area contributed by atoms with Crippen LogP contribution in [0.3, 0.4) is 0 Å². The molecule has 0 rings (SSSR count). The van der Waals surface area contributed by atoms with Gasteiger partial charge in [-0.3, -0.25) is 9.59 Å². The van der Waals surface area contributed by atoms with Gasteiger partial charge in [-0.1, -0.05) is 51.4 Å². The van der Waals surface area contributed by atoms with Crippen LogP contribution in [-0.4, -0.2) is 37.3 Å². The number of methoxy groups -OCH3 is 1. The molecule has 0 radical (unpaired) electrons. The first-order chi connectivity index (χ1) is 11.6. The van der Waals surface area contributed by atoms with Crippen molar-refractivity contribution in [1.82, 2.24) is 5.32 Å². The maximum atomic E-state index is 11.6. The molecule has 0 aromatic rings. The molecule has 0 aliphatic heterocycles. The fourth-order valence-corrected chi connectivity index (χ4v) is 2.80. The van der Waals surface area contributed by atoms with Crippen LogP contribution < -0.4 is 11.1 Å². The monoisotopic (exact) mass is 360 g/mol. The highest BCUT2D eigenvalue weighted by Gasteiger charge is 2.10. The number of thiol groups is 1.